The number of fused-ring (bicyclic) bond motifs is 2. The van der Waals surface area contributed by atoms with Crippen molar-refractivity contribution in [2.45, 2.75) is 57.3 Å². The largest absolute Gasteiger partial charge is 0.444 e. The van der Waals surface area contributed by atoms with Crippen molar-refractivity contribution in [2.24, 2.45) is 0 Å². The molecule has 2 saturated heterocycles. The van der Waals surface area contributed by atoms with Crippen molar-refractivity contribution >= 4 is 22.6 Å². The van der Waals surface area contributed by atoms with E-state index in [0.717, 1.165) is 12.8 Å². The molecule has 1 amide bonds. The van der Waals surface area contributed by atoms with Gasteiger partial charge in [0.05, 0.1) is 25.3 Å². The van der Waals surface area contributed by atoms with Gasteiger partial charge < -0.3 is 20.1 Å². The standard InChI is InChI=1S/C15H23N3O3S/c1-15(2,3)21-14(19)18-7-10-4-9(5-11(8-18)20-10)12-6-17-13(16)22-12/h6,9-11H,4-5,7-8H2,1-3H3,(H2,16,17)/t9?,10-,11+. The van der Waals surface area contributed by atoms with Gasteiger partial charge in [-0.25, -0.2) is 9.78 Å². The van der Waals surface area contributed by atoms with Crippen LogP contribution < -0.4 is 5.73 Å². The fourth-order valence-corrected chi connectivity index (χ4v) is 3.92. The third kappa shape index (κ3) is 3.52. The van der Waals surface area contributed by atoms with E-state index in [1.165, 1.54) is 4.88 Å². The smallest absolute Gasteiger partial charge is 0.410 e. The van der Waals surface area contributed by atoms with Crippen LogP contribution in [0.1, 0.15) is 44.4 Å². The Kier molecular flexibility index (Phi) is 4.03. The molecular weight excluding hydrogens is 302 g/mol. The highest BCUT2D eigenvalue weighted by Crippen LogP contribution is 2.39. The van der Waals surface area contributed by atoms with E-state index in [-0.39, 0.29) is 18.3 Å². The van der Waals surface area contributed by atoms with E-state index in [9.17, 15) is 4.79 Å². The van der Waals surface area contributed by atoms with Crippen molar-refractivity contribution in [1.82, 2.24) is 9.88 Å². The molecule has 122 valence electrons. The molecule has 0 aromatic carbocycles. The maximum atomic E-state index is 12.2. The van der Waals surface area contributed by atoms with Gasteiger partial charge in [0.15, 0.2) is 5.13 Å². The van der Waals surface area contributed by atoms with Crippen molar-refractivity contribution in [2.75, 3.05) is 18.8 Å². The highest BCUT2D eigenvalue weighted by Gasteiger charge is 2.39. The maximum Gasteiger partial charge on any atom is 0.410 e. The Labute approximate surface area is 134 Å². The van der Waals surface area contributed by atoms with Crippen LogP contribution in [0.4, 0.5) is 9.93 Å². The van der Waals surface area contributed by atoms with E-state index in [1.807, 2.05) is 27.0 Å². The maximum absolute atomic E-state index is 12.2. The van der Waals surface area contributed by atoms with Gasteiger partial charge >= 0.3 is 6.09 Å². The molecule has 2 aliphatic heterocycles. The van der Waals surface area contributed by atoms with Crippen LogP contribution in [0.5, 0.6) is 0 Å². The summed E-state index contributed by atoms with van der Waals surface area (Å²) < 4.78 is 11.5. The van der Waals surface area contributed by atoms with Crippen LogP contribution in [-0.2, 0) is 9.47 Å². The fourth-order valence-electron chi connectivity index (χ4n) is 3.11. The number of carbonyl (C=O) groups is 1. The summed E-state index contributed by atoms with van der Waals surface area (Å²) in [6.45, 7) is 6.84. The molecule has 2 bridgehead atoms. The Balaban J connectivity index is 1.63. The summed E-state index contributed by atoms with van der Waals surface area (Å²) in [5, 5.41) is 0.613. The van der Waals surface area contributed by atoms with Crippen LogP contribution in [0.15, 0.2) is 6.20 Å². The molecule has 2 aliphatic rings. The van der Waals surface area contributed by atoms with Gasteiger partial charge in [-0.3, -0.25) is 0 Å². The second-order valence-electron chi connectivity index (χ2n) is 7.03. The second-order valence-corrected chi connectivity index (χ2v) is 8.13. The number of hydrogen-bond donors (Lipinski definition) is 1. The van der Waals surface area contributed by atoms with Crippen molar-refractivity contribution in [1.29, 1.82) is 0 Å². The predicted octanol–water partition coefficient (Wildman–Crippen LogP) is 2.61. The first kappa shape index (κ1) is 15.6. The molecule has 0 aliphatic carbocycles. The minimum atomic E-state index is -0.465. The van der Waals surface area contributed by atoms with Gasteiger partial charge in [-0.15, -0.1) is 11.3 Å². The molecule has 3 rings (SSSR count). The quantitative estimate of drug-likeness (QED) is 0.859. The lowest BCUT2D eigenvalue weighted by Gasteiger charge is -2.44. The normalized spacial score (nSPS) is 28.5. The molecular formula is C15H23N3O3S. The Morgan fingerprint density at radius 1 is 1.41 bits per heavy atom. The fraction of sp³-hybridized carbons (Fsp3) is 0.733. The number of ether oxygens (including phenoxy) is 2. The Hall–Kier alpha value is -1.34. The van der Waals surface area contributed by atoms with E-state index in [1.54, 1.807) is 16.2 Å². The number of morpholine rings is 1. The van der Waals surface area contributed by atoms with E-state index < -0.39 is 5.60 Å². The SMILES string of the molecule is CC(C)(C)OC(=O)N1C[C@H]2CC(c3cnc(N)s3)C[C@@H](C1)O2. The van der Waals surface area contributed by atoms with Crippen LogP contribution in [0.25, 0.3) is 0 Å². The highest BCUT2D eigenvalue weighted by atomic mass is 32.1. The third-order valence-electron chi connectivity index (χ3n) is 3.92. The molecule has 7 heteroatoms. The van der Waals surface area contributed by atoms with Gasteiger partial charge in [0.2, 0.25) is 0 Å². The summed E-state index contributed by atoms with van der Waals surface area (Å²) in [5.74, 6) is 0.430. The number of carbonyl (C=O) groups excluding carboxylic acids is 1. The van der Waals surface area contributed by atoms with Crippen molar-refractivity contribution < 1.29 is 14.3 Å². The zero-order valence-corrected chi connectivity index (χ0v) is 14.1. The number of nitrogen functional groups attached to an aromatic ring is 1. The second kappa shape index (κ2) is 5.70. The van der Waals surface area contributed by atoms with Crippen molar-refractivity contribution in [3.63, 3.8) is 0 Å². The number of nitrogens with two attached hydrogens (primary N) is 1. The van der Waals surface area contributed by atoms with Crippen molar-refractivity contribution in [3.05, 3.63) is 11.1 Å². The molecule has 0 saturated carbocycles. The number of rotatable bonds is 1. The zero-order chi connectivity index (χ0) is 15.9. The minimum Gasteiger partial charge on any atom is -0.444 e. The number of thiazole rings is 1. The van der Waals surface area contributed by atoms with Gasteiger partial charge in [0.25, 0.3) is 0 Å². The van der Waals surface area contributed by atoms with E-state index >= 15 is 0 Å². The number of anilines is 1. The van der Waals surface area contributed by atoms with Gasteiger partial charge in [-0.05, 0) is 39.5 Å². The molecule has 1 unspecified atom stereocenters. The molecule has 0 spiro atoms. The van der Waals surface area contributed by atoms with Crippen LogP contribution in [-0.4, -0.2) is 46.9 Å². The summed E-state index contributed by atoms with van der Waals surface area (Å²) in [6, 6.07) is 0. The number of hydrogen-bond acceptors (Lipinski definition) is 6. The topological polar surface area (TPSA) is 77.7 Å². The zero-order valence-electron chi connectivity index (χ0n) is 13.2. The first-order valence-electron chi connectivity index (χ1n) is 7.65. The molecule has 22 heavy (non-hydrogen) atoms. The molecule has 1 aromatic heterocycles. The summed E-state index contributed by atoms with van der Waals surface area (Å²) in [4.78, 5) is 19.4. The Morgan fingerprint density at radius 2 is 2.05 bits per heavy atom. The number of aromatic nitrogens is 1. The Morgan fingerprint density at radius 3 is 2.55 bits per heavy atom. The average Bonchev–Trinajstić information content (AvgIpc) is 2.82. The molecule has 1 aromatic rings. The molecule has 3 atom stereocenters. The van der Waals surface area contributed by atoms with E-state index in [4.69, 9.17) is 15.2 Å². The summed E-state index contributed by atoms with van der Waals surface area (Å²) in [7, 11) is 0. The van der Waals surface area contributed by atoms with Crippen molar-refractivity contribution in [3.8, 4) is 0 Å². The monoisotopic (exact) mass is 325 g/mol. The summed E-state index contributed by atoms with van der Waals surface area (Å²) in [5.41, 5.74) is 5.26. The molecule has 2 N–H and O–H groups in total. The van der Waals surface area contributed by atoms with E-state index in [0.29, 0.717) is 24.1 Å². The first-order valence-corrected chi connectivity index (χ1v) is 8.46. The van der Waals surface area contributed by atoms with Gasteiger partial charge in [-0.1, -0.05) is 0 Å². The minimum absolute atomic E-state index is 0.0633. The molecule has 2 fully saturated rings. The lowest BCUT2D eigenvalue weighted by atomic mass is 9.88. The predicted molar refractivity (Wildman–Crippen MR) is 85.0 cm³/mol. The number of amides is 1. The molecule has 3 heterocycles. The Bertz CT molecular complexity index is 540. The van der Waals surface area contributed by atoms with Crippen LogP contribution >= 0.6 is 11.3 Å². The van der Waals surface area contributed by atoms with Gasteiger partial charge in [0.1, 0.15) is 5.60 Å². The third-order valence-corrected chi connectivity index (χ3v) is 4.91. The van der Waals surface area contributed by atoms with Gasteiger partial charge in [0, 0.05) is 11.1 Å². The van der Waals surface area contributed by atoms with E-state index in [2.05, 4.69) is 4.98 Å². The number of likely N-dealkylation sites (tertiary alicyclic amines) is 1. The van der Waals surface area contributed by atoms with Crippen LogP contribution in [0.2, 0.25) is 0 Å². The lowest BCUT2D eigenvalue weighted by Crippen LogP contribution is -2.54. The summed E-state index contributed by atoms with van der Waals surface area (Å²) in [6.07, 6.45) is 3.56. The number of nitrogens with zero attached hydrogens (tertiary/aromatic N) is 2. The molecule has 6 nitrogen and oxygen atoms in total. The molecule has 0 radical (unpaired) electrons. The first-order chi connectivity index (χ1) is 10.3. The summed E-state index contributed by atoms with van der Waals surface area (Å²) >= 11 is 1.55. The van der Waals surface area contributed by atoms with Crippen LogP contribution in [0, 0.1) is 0 Å². The average molecular weight is 325 g/mol. The van der Waals surface area contributed by atoms with Gasteiger partial charge in [-0.2, -0.15) is 0 Å². The van der Waals surface area contributed by atoms with Crippen LogP contribution in [0.3, 0.4) is 0 Å². The highest BCUT2D eigenvalue weighted by molar-refractivity contribution is 7.15. The lowest BCUT2D eigenvalue weighted by molar-refractivity contribution is -0.118.